The fraction of sp³-hybridized carbons (Fsp3) is 0.250. The number of aromatic amines is 1. The van der Waals surface area contributed by atoms with Crippen molar-refractivity contribution >= 4 is 11.6 Å². The van der Waals surface area contributed by atoms with E-state index in [0.717, 1.165) is 12.1 Å². The first-order valence-corrected chi connectivity index (χ1v) is 5.85. The van der Waals surface area contributed by atoms with Crippen molar-refractivity contribution in [3.63, 3.8) is 0 Å². The summed E-state index contributed by atoms with van der Waals surface area (Å²) >= 11 is 0. The van der Waals surface area contributed by atoms with Crippen LogP contribution in [0.3, 0.4) is 0 Å². The molecule has 0 aliphatic heterocycles. The highest BCUT2D eigenvalue weighted by molar-refractivity contribution is 5.94. The van der Waals surface area contributed by atoms with Gasteiger partial charge in [0, 0.05) is 18.3 Å². The quantitative estimate of drug-likeness (QED) is 0.844. The minimum Gasteiger partial charge on any atom is -0.398 e. The van der Waals surface area contributed by atoms with Gasteiger partial charge in [-0.25, -0.2) is 4.98 Å². The van der Waals surface area contributed by atoms with Crippen LogP contribution >= 0.6 is 0 Å². The number of nitrogens with zero attached hydrogens (tertiary/aromatic N) is 3. The number of hydrogen-bond donors (Lipinski definition) is 2. The highest BCUT2D eigenvalue weighted by atomic mass is 19.4. The molecule has 112 valence electrons. The number of nitrogens with one attached hydrogen (secondary N) is 1. The summed E-state index contributed by atoms with van der Waals surface area (Å²) in [6.07, 6.45) is -3.33. The Labute approximate surface area is 117 Å². The van der Waals surface area contributed by atoms with E-state index in [1.54, 1.807) is 0 Å². The van der Waals surface area contributed by atoms with Gasteiger partial charge < -0.3 is 10.6 Å². The third-order valence-corrected chi connectivity index (χ3v) is 2.80. The summed E-state index contributed by atoms with van der Waals surface area (Å²) in [5.74, 6) is -0.144. The molecule has 0 aliphatic rings. The lowest BCUT2D eigenvalue weighted by Gasteiger charge is -2.17. The van der Waals surface area contributed by atoms with Gasteiger partial charge in [-0.15, -0.1) is 0 Å². The normalized spacial score (nSPS) is 11.4. The highest BCUT2D eigenvalue weighted by Gasteiger charge is 2.33. The third-order valence-electron chi connectivity index (χ3n) is 2.80. The number of nitrogens with two attached hydrogens (primary N) is 1. The molecule has 2 rings (SSSR count). The number of alkyl halides is 3. The van der Waals surface area contributed by atoms with Gasteiger partial charge in [0.05, 0.1) is 12.1 Å². The van der Waals surface area contributed by atoms with Crippen LogP contribution in [0.5, 0.6) is 0 Å². The maximum absolute atomic E-state index is 12.8. The fourth-order valence-electron chi connectivity index (χ4n) is 1.76. The lowest BCUT2D eigenvalue weighted by molar-refractivity contribution is -0.136. The van der Waals surface area contributed by atoms with Crippen LogP contribution in [-0.4, -0.2) is 33.0 Å². The van der Waals surface area contributed by atoms with Crippen molar-refractivity contribution in [2.45, 2.75) is 12.7 Å². The molecule has 0 bridgehead atoms. The van der Waals surface area contributed by atoms with Gasteiger partial charge in [-0.1, -0.05) is 0 Å². The van der Waals surface area contributed by atoms with Gasteiger partial charge >= 0.3 is 6.18 Å². The van der Waals surface area contributed by atoms with Gasteiger partial charge in [-0.3, -0.25) is 9.89 Å². The summed E-state index contributed by atoms with van der Waals surface area (Å²) in [6.45, 7) is 0.102. The number of rotatable bonds is 3. The Morgan fingerprint density at radius 2 is 2.14 bits per heavy atom. The Bertz CT molecular complexity index is 639. The molecule has 0 spiro atoms. The Balaban J connectivity index is 2.23. The van der Waals surface area contributed by atoms with E-state index >= 15 is 0 Å². The van der Waals surface area contributed by atoms with Crippen molar-refractivity contribution in [3.8, 4) is 0 Å². The van der Waals surface area contributed by atoms with Crippen LogP contribution in [0.1, 0.15) is 21.7 Å². The predicted octanol–water partition coefficient (Wildman–Crippen LogP) is 1.68. The van der Waals surface area contributed by atoms with E-state index in [-0.39, 0.29) is 12.1 Å². The molecule has 0 aliphatic carbocycles. The molecule has 0 atom stereocenters. The van der Waals surface area contributed by atoms with Crippen LogP contribution < -0.4 is 5.73 Å². The number of halogens is 3. The van der Waals surface area contributed by atoms with E-state index in [1.165, 1.54) is 24.3 Å². The monoisotopic (exact) mass is 299 g/mol. The second kappa shape index (κ2) is 5.43. The minimum absolute atomic E-state index is 0.0986. The van der Waals surface area contributed by atoms with Gasteiger partial charge in [0.1, 0.15) is 12.2 Å². The fourth-order valence-corrected chi connectivity index (χ4v) is 1.76. The summed E-state index contributed by atoms with van der Waals surface area (Å²) < 4.78 is 38.3. The number of H-pyrrole nitrogens is 1. The van der Waals surface area contributed by atoms with Crippen LogP contribution in [0.25, 0.3) is 0 Å². The number of hydrogen-bond acceptors (Lipinski definition) is 4. The summed E-state index contributed by atoms with van der Waals surface area (Å²) in [5.41, 5.74) is 3.75. The first kappa shape index (κ1) is 14.8. The molecule has 1 heterocycles. The molecule has 0 unspecified atom stereocenters. The zero-order chi connectivity index (χ0) is 15.6. The lowest BCUT2D eigenvalue weighted by atomic mass is 10.1. The molecule has 0 fully saturated rings. The Morgan fingerprint density at radius 3 is 2.71 bits per heavy atom. The lowest BCUT2D eigenvalue weighted by Crippen LogP contribution is -2.27. The molecule has 21 heavy (non-hydrogen) atoms. The standard InChI is InChI=1S/C12H12F3N5O/c1-20(5-10-17-6-18-19-10)11(21)7-2-3-9(16)8(4-7)12(13,14)15/h2-4,6H,5,16H2,1H3,(H,17,18,19). The van der Waals surface area contributed by atoms with Gasteiger partial charge in [0.15, 0.2) is 0 Å². The van der Waals surface area contributed by atoms with E-state index in [1.807, 2.05) is 0 Å². The van der Waals surface area contributed by atoms with E-state index in [0.29, 0.717) is 5.82 Å². The second-order valence-electron chi connectivity index (χ2n) is 4.39. The Hall–Kier alpha value is -2.58. The van der Waals surface area contributed by atoms with E-state index in [9.17, 15) is 18.0 Å². The van der Waals surface area contributed by atoms with Gasteiger partial charge in [-0.2, -0.15) is 18.3 Å². The number of amides is 1. The van der Waals surface area contributed by atoms with Crippen molar-refractivity contribution < 1.29 is 18.0 Å². The van der Waals surface area contributed by atoms with Crippen molar-refractivity contribution in [1.82, 2.24) is 20.1 Å². The predicted molar refractivity (Wildman–Crippen MR) is 68.0 cm³/mol. The molecule has 1 amide bonds. The van der Waals surface area contributed by atoms with E-state index in [2.05, 4.69) is 15.2 Å². The van der Waals surface area contributed by atoms with Crippen molar-refractivity contribution in [3.05, 3.63) is 41.5 Å². The number of anilines is 1. The van der Waals surface area contributed by atoms with Gasteiger partial charge in [0.25, 0.3) is 5.91 Å². The van der Waals surface area contributed by atoms with Gasteiger partial charge in [0.2, 0.25) is 0 Å². The van der Waals surface area contributed by atoms with Crippen molar-refractivity contribution in [2.24, 2.45) is 0 Å². The topological polar surface area (TPSA) is 87.9 Å². The first-order valence-electron chi connectivity index (χ1n) is 5.85. The maximum Gasteiger partial charge on any atom is 0.418 e. The third kappa shape index (κ3) is 3.30. The minimum atomic E-state index is -4.61. The van der Waals surface area contributed by atoms with E-state index in [4.69, 9.17) is 5.73 Å². The average Bonchev–Trinajstić information content (AvgIpc) is 2.90. The molecule has 0 radical (unpaired) electrons. The van der Waals surface area contributed by atoms with Crippen molar-refractivity contribution in [1.29, 1.82) is 0 Å². The molecule has 1 aromatic carbocycles. The highest BCUT2D eigenvalue weighted by Crippen LogP contribution is 2.34. The summed E-state index contributed by atoms with van der Waals surface area (Å²) in [4.78, 5) is 17.2. The van der Waals surface area contributed by atoms with Crippen LogP contribution in [0, 0.1) is 0 Å². The molecular weight excluding hydrogens is 287 g/mol. The molecule has 1 aromatic heterocycles. The summed E-state index contributed by atoms with van der Waals surface area (Å²) in [5, 5.41) is 6.19. The zero-order valence-electron chi connectivity index (χ0n) is 11.0. The maximum atomic E-state index is 12.8. The first-order chi connectivity index (χ1) is 9.79. The largest absolute Gasteiger partial charge is 0.418 e. The number of carbonyl (C=O) groups excluding carboxylic acids is 1. The molecule has 0 saturated carbocycles. The number of carbonyl (C=O) groups is 1. The summed E-state index contributed by atoms with van der Waals surface area (Å²) in [6, 6.07) is 3.07. The zero-order valence-corrected chi connectivity index (χ0v) is 11.0. The molecular formula is C12H12F3N5O. The molecule has 6 nitrogen and oxygen atoms in total. The second-order valence-corrected chi connectivity index (χ2v) is 4.39. The Kier molecular flexibility index (Phi) is 3.83. The molecule has 2 aromatic rings. The van der Waals surface area contributed by atoms with E-state index < -0.39 is 23.3 Å². The average molecular weight is 299 g/mol. The summed E-state index contributed by atoms with van der Waals surface area (Å²) in [7, 11) is 1.45. The molecule has 3 N–H and O–H groups in total. The molecule has 0 saturated heterocycles. The van der Waals surface area contributed by atoms with Crippen LogP contribution in [0.2, 0.25) is 0 Å². The number of aromatic nitrogens is 3. The SMILES string of the molecule is CN(Cc1ncn[nH]1)C(=O)c1ccc(N)c(C(F)(F)F)c1. The van der Waals surface area contributed by atoms with Crippen molar-refractivity contribution in [2.75, 3.05) is 12.8 Å². The smallest absolute Gasteiger partial charge is 0.398 e. The van der Waals surface area contributed by atoms with Crippen LogP contribution in [-0.2, 0) is 12.7 Å². The van der Waals surface area contributed by atoms with Crippen LogP contribution in [0.15, 0.2) is 24.5 Å². The number of nitrogen functional groups attached to an aromatic ring is 1. The van der Waals surface area contributed by atoms with Gasteiger partial charge in [-0.05, 0) is 18.2 Å². The Morgan fingerprint density at radius 1 is 1.43 bits per heavy atom. The number of benzene rings is 1. The van der Waals surface area contributed by atoms with Crippen LogP contribution in [0.4, 0.5) is 18.9 Å². The molecule has 9 heteroatoms.